The van der Waals surface area contributed by atoms with Crippen LogP contribution in [0.2, 0.25) is 5.02 Å². The Balaban J connectivity index is 2.08. The van der Waals surface area contributed by atoms with E-state index < -0.39 is 0 Å². The smallest absolute Gasteiger partial charge is 0.255 e. The molecule has 0 aromatic heterocycles. The van der Waals surface area contributed by atoms with Crippen molar-refractivity contribution in [3.63, 3.8) is 0 Å². The summed E-state index contributed by atoms with van der Waals surface area (Å²) < 4.78 is 0.901. The van der Waals surface area contributed by atoms with E-state index in [1.807, 2.05) is 6.07 Å². The van der Waals surface area contributed by atoms with Crippen LogP contribution >= 0.6 is 27.5 Å². The molecule has 110 valence electrons. The molecule has 2 aromatic rings. The standard InChI is InChI=1S/C17H17BrClNO/c1-2-3-4-12-5-10-16(15(18)11-12)20-17(21)13-6-8-14(19)9-7-13/h5-11H,2-4H2,1H3,(H,20,21). The highest BCUT2D eigenvalue weighted by Gasteiger charge is 2.08. The van der Waals surface area contributed by atoms with Crippen molar-refractivity contribution in [1.29, 1.82) is 0 Å². The normalized spacial score (nSPS) is 10.4. The molecule has 0 saturated carbocycles. The van der Waals surface area contributed by atoms with Crippen molar-refractivity contribution in [2.75, 3.05) is 5.32 Å². The quantitative estimate of drug-likeness (QED) is 0.723. The first-order valence-electron chi connectivity index (χ1n) is 6.95. The molecule has 2 nitrogen and oxygen atoms in total. The molecule has 21 heavy (non-hydrogen) atoms. The molecule has 0 aliphatic heterocycles. The summed E-state index contributed by atoms with van der Waals surface area (Å²) in [7, 11) is 0. The molecule has 0 unspecified atom stereocenters. The highest BCUT2D eigenvalue weighted by molar-refractivity contribution is 9.10. The van der Waals surface area contributed by atoms with Gasteiger partial charge in [-0.15, -0.1) is 0 Å². The van der Waals surface area contributed by atoms with E-state index in [9.17, 15) is 4.79 Å². The second-order valence-corrected chi connectivity index (χ2v) is 6.17. The number of anilines is 1. The van der Waals surface area contributed by atoms with Crippen LogP contribution in [0.3, 0.4) is 0 Å². The summed E-state index contributed by atoms with van der Waals surface area (Å²) in [4.78, 5) is 12.2. The molecule has 0 aliphatic rings. The third-order valence-corrected chi connectivity index (χ3v) is 4.12. The molecule has 0 bridgehead atoms. The average Bonchev–Trinajstić information content (AvgIpc) is 2.48. The molecule has 0 heterocycles. The molecule has 0 saturated heterocycles. The Bertz CT molecular complexity index is 625. The zero-order valence-corrected chi connectivity index (χ0v) is 14.2. The molecule has 0 aliphatic carbocycles. The van der Waals surface area contributed by atoms with E-state index in [-0.39, 0.29) is 5.91 Å². The van der Waals surface area contributed by atoms with Crippen molar-refractivity contribution >= 4 is 39.1 Å². The zero-order chi connectivity index (χ0) is 15.2. The van der Waals surface area contributed by atoms with E-state index in [4.69, 9.17) is 11.6 Å². The Hall–Kier alpha value is -1.32. The number of nitrogens with one attached hydrogen (secondary N) is 1. The summed E-state index contributed by atoms with van der Waals surface area (Å²) >= 11 is 9.34. The van der Waals surface area contributed by atoms with Crippen LogP contribution in [0.4, 0.5) is 5.69 Å². The lowest BCUT2D eigenvalue weighted by Crippen LogP contribution is -2.12. The summed E-state index contributed by atoms with van der Waals surface area (Å²) in [6, 6.07) is 12.9. The third kappa shape index (κ3) is 4.58. The first-order chi connectivity index (χ1) is 10.1. The second-order valence-electron chi connectivity index (χ2n) is 4.88. The van der Waals surface area contributed by atoms with Crippen LogP contribution < -0.4 is 5.32 Å². The molecular formula is C17H17BrClNO. The van der Waals surface area contributed by atoms with Crippen LogP contribution in [-0.4, -0.2) is 5.91 Å². The van der Waals surface area contributed by atoms with Gasteiger partial charge in [-0.3, -0.25) is 4.79 Å². The van der Waals surface area contributed by atoms with E-state index in [1.54, 1.807) is 24.3 Å². The third-order valence-electron chi connectivity index (χ3n) is 3.21. The summed E-state index contributed by atoms with van der Waals surface area (Å²) in [5, 5.41) is 3.52. The van der Waals surface area contributed by atoms with E-state index in [0.717, 1.165) is 16.6 Å². The van der Waals surface area contributed by atoms with Gasteiger partial charge in [0.15, 0.2) is 0 Å². The molecule has 0 atom stereocenters. The molecule has 1 amide bonds. The highest BCUT2D eigenvalue weighted by Crippen LogP contribution is 2.25. The van der Waals surface area contributed by atoms with E-state index in [1.165, 1.54) is 18.4 Å². The lowest BCUT2D eigenvalue weighted by Gasteiger charge is -2.09. The number of carbonyl (C=O) groups excluding carboxylic acids is 1. The Morgan fingerprint density at radius 2 is 1.90 bits per heavy atom. The maximum Gasteiger partial charge on any atom is 0.255 e. The predicted octanol–water partition coefficient (Wildman–Crippen LogP) is 5.70. The number of halogens is 2. The minimum Gasteiger partial charge on any atom is -0.321 e. The number of benzene rings is 2. The number of rotatable bonds is 5. The van der Waals surface area contributed by atoms with Gasteiger partial charge in [0, 0.05) is 15.1 Å². The molecule has 2 rings (SSSR count). The summed E-state index contributed by atoms with van der Waals surface area (Å²) in [5.41, 5.74) is 2.63. The zero-order valence-electron chi connectivity index (χ0n) is 11.8. The van der Waals surface area contributed by atoms with Crippen LogP contribution in [-0.2, 0) is 6.42 Å². The van der Waals surface area contributed by atoms with Gasteiger partial charge in [-0.05, 0) is 70.7 Å². The van der Waals surface area contributed by atoms with Crippen LogP contribution in [0.1, 0.15) is 35.7 Å². The summed E-state index contributed by atoms with van der Waals surface area (Å²) in [6.45, 7) is 2.18. The maximum absolute atomic E-state index is 12.2. The SMILES string of the molecule is CCCCc1ccc(NC(=O)c2ccc(Cl)cc2)c(Br)c1. The molecule has 1 N–H and O–H groups in total. The molecule has 0 spiro atoms. The first kappa shape index (κ1) is 16.1. The number of aryl methyl sites for hydroxylation is 1. The van der Waals surface area contributed by atoms with Crippen LogP contribution in [0.15, 0.2) is 46.9 Å². The summed E-state index contributed by atoms with van der Waals surface area (Å²) in [5.74, 6) is -0.145. The van der Waals surface area contributed by atoms with Crippen molar-refractivity contribution in [2.24, 2.45) is 0 Å². The fourth-order valence-electron chi connectivity index (χ4n) is 1.99. The molecule has 0 fully saturated rings. The van der Waals surface area contributed by atoms with Gasteiger partial charge in [-0.25, -0.2) is 0 Å². The van der Waals surface area contributed by atoms with Crippen LogP contribution in [0.5, 0.6) is 0 Å². The lowest BCUT2D eigenvalue weighted by molar-refractivity contribution is 0.102. The molecule has 0 radical (unpaired) electrons. The van der Waals surface area contributed by atoms with Crippen molar-refractivity contribution in [3.05, 3.63) is 63.1 Å². The van der Waals surface area contributed by atoms with Crippen molar-refractivity contribution in [1.82, 2.24) is 0 Å². The fourth-order valence-corrected chi connectivity index (χ4v) is 2.64. The van der Waals surface area contributed by atoms with E-state index in [2.05, 4.69) is 40.3 Å². The Morgan fingerprint density at radius 3 is 2.52 bits per heavy atom. The van der Waals surface area contributed by atoms with Gasteiger partial charge in [0.2, 0.25) is 0 Å². The van der Waals surface area contributed by atoms with Gasteiger partial charge in [0.1, 0.15) is 0 Å². The monoisotopic (exact) mass is 365 g/mol. The van der Waals surface area contributed by atoms with E-state index in [0.29, 0.717) is 10.6 Å². The van der Waals surface area contributed by atoms with Gasteiger partial charge in [-0.2, -0.15) is 0 Å². The molecular weight excluding hydrogens is 350 g/mol. The van der Waals surface area contributed by atoms with Gasteiger partial charge in [0.05, 0.1) is 5.69 Å². The van der Waals surface area contributed by atoms with E-state index >= 15 is 0 Å². The average molecular weight is 367 g/mol. The van der Waals surface area contributed by atoms with Gasteiger partial charge >= 0.3 is 0 Å². The minimum atomic E-state index is -0.145. The Morgan fingerprint density at radius 1 is 1.19 bits per heavy atom. The minimum absolute atomic E-state index is 0.145. The van der Waals surface area contributed by atoms with Gasteiger partial charge < -0.3 is 5.32 Å². The van der Waals surface area contributed by atoms with Crippen LogP contribution in [0, 0.1) is 0 Å². The summed E-state index contributed by atoms with van der Waals surface area (Å²) in [6.07, 6.45) is 3.40. The highest BCUT2D eigenvalue weighted by atomic mass is 79.9. The van der Waals surface area contributed by atoms with Crippen molar-refractivity contribution < 1.29 is 4.79 Å². The maximum atomic E-state index is 12.2. The number of hydrogen-bond donors (Lipinski definition) is 1. The number of hydrogen-bond acceptors (Lipinski definition) is 1. The number of unbranched alkanes of at least 4 members (excludes halogenated alkanes) is 1. The Labute approximate surface area is 138 Å². The van der Waals surface area contributed by atoms with Crippen molar-refractivity contribution in [2.45, 2.75) is 26.2 Å². The van der Waals surface area contributed by atoms with Gasteiger partial charge in [-0.1, -0.05) is 31.0 Å². The largest absolute Gasteiger partial charge is 0.321 e. The topological polar surface area (TPSA) is 29.1 Å². The Kier molecular flexibility index (Phi) is 5.83. The molecule has 4 heteroatoms. The fraction of sp³-hybridized carbons (Fsp3) is 0.235. The van der Waals surface area contributed by atoms with Crippen molar-refractivity contribution in [3.8, 4) is 0 Å². The number of carbonyl (C=O) groups is 1. The number of amides is 1. The second kappa shape index (κ2) is 7.62. The lowest BCUT2D eigenvalue weighted by atomic mass is 10.1. The molecule has 2 aromatic carbocycles. The first-order valence-corrected chi connectivity index (χ1v) is 8.12. The van der Waals surface area contributed by atoms with Gasteiger partial charge in [0.25, 0.3) is 5.91 Å². The predicted molar refractivity (Wildman–Crippen MR) is 92.2 cm³/mol. The van der Waals surface area contributed by atoms with Crippen LogP contribution in [0.25, 0.3) is 0 Å².